The summed E-state index contributed by atoms with van der Waals surface area (Å²) in [5.41, 5.74) is 0. The first kappa shape index (κ1) is 62.1. The summed E-state index contributed by atoms with van der Waals surface area (Å²) in [6.07, 6.45) is 66.6. The lowest BCUT2D eigenvalue weighted by Gasteiger charge is -2.18. The highest BCUT2D eigenvalue weighted by atomic mass is 16.6. The first-order chi connectivity index (χ1) is 32.0. The van der Waals surface area contributed by atoms with Gasteiger partial charge in [-0.05, 0) is 96.3 Å². The summed E-state index contributed by atoms with van der Waals surface area (Å²) >= 11 is 0. The van der Waals surface area contributed by atoms with E-state index in [4.69, 9.17) is 14.2 Å². The molecule has 1 unspecified atom stereocenters. The predicted octanol–water partition coefficient (Wildman–Crippen LogP) is 18.4. The molecule has 0 saturated carbocycles. The molecule has 0 aromatic heterocycles. The largest absolute Gasteiger partial charge is 0.462 e. The molecule has 0 amide bonds. The second-order valence-electron chi connectivity index (χ2n) is 18.5. The van der Waals surface area contributed by atoms with Gasteiger partial charge in [0.05, 0.1) is 0 Å². The molecule has 0 aliphatic heterocycles. The molecular weight excluding hydrogens is 805 g/mol. The van der Waals surface area contributed by atoms with Crippen molar-refractivity contribution in [1.82, 2.24) is 0 Å². The van der Waals surface area contributed by atoms with Crippen LogP contribution >= 0.6 is 0 Å². The van der Waals surface area contributed by atoms with Gasteiger partial charge >= 0.3 is 17.9 Å². The highest BCUT2D eigenvalue weighted by Crippen LogP contribution is 2.15. The van der Waals surface area contributed by atoms with Crippen LogP contribution in [0.3, 0.4) is 0 Å². The maximum absolute atomic E-state index is 12.7. The molecule has 0 bridgehead atoms. The Labute approximate surface area is 402 Å². The Kier molecular flexibility index (Phi) is 51.3. The first-order valence-electron chi connectivity index (χ1n) is 27.8. The van der Waals surface area contributed by atoms with Crippen LogP contribution in [0.5, 0.6) is 0 Å². The minimum atomic E-state index is -0.779. The van der Waals surface area contributed by atoms with Crippen molar-refractivity contribution in [3.8, 4) is 0 Å². The number of hydrogen-bond acceptors (Lipinski definition) is 6. The van der Waals surface area contributed by atoms with Crippen molar-refractivity contribution in [3.63, 3.8) is 0 Å². The minimum absolute atomic E-state index is 0.0806. The lowest BCUT2D eigenvalue weighted by atomic mass is 10.0. The van der Waals surface area contributed by atoms with Crippen molar-refractivity contribution < 1.29 is 28.6 Å². The molecule has 0 aromatic rings. The molecule has 6 heteroatoms. The Morgan fingerprint density at radius 3 is 0.938 bits per heavy atom. The zero-order valence-electron chi connectivity index (χ0n) is 43.0. The number of esters is 3. The second kappa shape index (κ2) is 53.7. The summed E-state index contributed by atoms with van der Waals surface area (Å²) in [5.74, 6) is -0.900. The average Bonchev–Trinajstić information content (AvgIpc) is 3.30. The van der Waals surface area contributed by atoms with E-state index in [9.17, 15) is 14.4 Å². The fraction of sp³-hybridized carbons (Fsp3) is 0.780. The standard InChI is InChI=1S/C59H104O6/c1-4-7-10-13-16-19-22-23-24-25-26-27-28-29-30-31-32-33-34-35-36-37-38-41-43-46-49-52-58(61)64-55-56(65-59(62)53-50-47-44-40-21-18-15-12-9-6-3)54-63-57(60)51-48-45-42-39-20-17-14-11-8-5-2/h11-12,14-15,22-23,25-26,28-29,56H,4-10,13,16-21,24,27,30-55H2,1-3H3/b14-11-,15-12-,23-22-,26-25-,29-28-. The topological polar surface area (TPSA) is 78.9 Å². The lowest BCUT2D eigenvalue weighted by molar-refractivity contribution is -0.167. The van der Waals surface area contributed by atoms with Crippen LogP contribution in [0.15, 0.2) is 60.8 Å². The van der Waals surface area contributed by atoms with E-state index in [1.165, 1.54) is 135 Å². The molecule has 6 nitrogen and oxygen atoms in total. The van der Waals surface area contributed by atoms with Crippen LogP contribution in [0.2, 0.25) is 0 Å². The molecule has 0 aliphatic carbocycles. The number of hydrogen-bond donors (Lipinski definition) is 0. The molecule has 0 fully saturated rings. The van der Waals surface area contributed by atoms with Crippen LogP contribution in [-0.2, 0) is 28.6 Å². The quantitative estimate of drug-likeness (QED) is 0.0262. The van der Waals surface area contributed by atoms with Crippen molar-refractivity contribution in [2.24, 2.45) is 0 Å². The Morgan fingerprint density at radius 2 is 0.585 bits per heavy atom. The van der Waals surface area contributed by atoms with E-state index in [0.717, 1.165) is 103 Å². The Morgan fingerprint density at radius 1 is 0.308 bits per heavy atom. The predicted molar refractivity (Wildman–Crippen MR) is 279 cm³/mol. The number of carbonyl (C=O) groups excluding carboxylic acids is 3. The van der Waals surface area contributed by atoms with Gasteiger partial charge in [-0.3, -0.25) is 14.4 Å². The fourth-order valence-corrected chi connectivity index (χ4v) is 7.75. The molecule has 0 aliphatic rings. The van der Waals surface area contributed by atoms with Crippen molar-refractivity contribution in [2.45, 2.75) is 284 Å². The van der Waals surface area contributed by atoms with Gasteiger partial charge in [0, 0.05) is 19.3 Å². The first-order valence-corrected chi connectivity index (χ1v) is 27.8. The number of ether oxygens (including phenoxy) is 3. The van der Waals surface area contributed by atoms with Gasteiger partial charge in [0.15, 0.2) is 6.10 Å². The van der Waals surface area contributed by atoms with Crippen LogP contribution in [0.25, 0.3) is 0 Å². The van der Waals surface area contributed by atoms with Crippen molar-refractivity contribution >= 4 is 17.9 Å². The molecule has 0 aromatic carbocycles. The fourth-order valence-electron chi connectivity index (χ4n) is 7.75. The number of carbonyl (C=O) groups is 3. The third kappa shape index (κ3) is 51.9. The summed E-state index contributed by atoms with van der Waals surface area (Å²) in [6, 6.07) is 0. The third-order valence-corrected chi connectivity index (χ3v) is 11.9. The van der Waals surface area contributed by atoms with Gasteiger partial charge in [0.2, 0.25) is 0 Å². The van der Waals surface area contributed by atoms with Crippen LogP contribution in [0.1, 0.15) is 278 Å². The van der Waals surface area contributed by atoms with E-state index < -0.39 is 6.10 Å². The number of unbranched alkanes of at least 4 members (excludes halogenated alkanes) is 29. The molecule has 0 spiro atoms. The molecule has 376 valence electrons. The number of rotatable bonds is 50. The summed E-state index contributed by atoms with van der Waals surface area (Å²) in [4.78, 5) is 37.9. The molecule has 0 radical (unpaired) electrons. The van der Waals surface area contributed by atoms with Gasteiger partial charge < -0.3 is 14.2 Å². The summed E-state index contributed by atoms with van der Waals surface area (Å²) in [7, 11) is 0. The Hall–Kier alpha value is -2.89. The molecule has 0 heterocycles. The van der Waals surface area contributed by atoms with Crippen molar-refractivity contribution in [3.05, 3.63) is 60.8 Å². The molecule has 65 heavy (non-hydrogen) atoms. The maximum atomic E-state index is 12.7. The molecule has 1 atom stereocenters. The van der Waals surface area contributed by atoms with Crippen molar-refractivity contribution in [2.75, 3.05) is 13.2 Å². The summed E-state index contributed by atoms with van der Waals surface area (Å²) < 4.78 is 16.7. The molecule has 0 N–H and O–H groups in total. The summed E-state index contributed by atoms with van der Waals surface area (Å²) in [6.45, 7) is 6.50. The smallest absolute Gasteiger partial charge is 0.306 e. The zero-order valence-corrected chi connectivity index (χ0v) is 43.0. The van der Waals surface area contributed by atoms with E-state index >= 15 is 0 Å². The van der Waals surface area contributed by atoms with E-state index in [1.807, 2.05) is 0 Å². The van der Waals surface area contributed by atoms with Gasteiger partial charge in [-0.1, -0.05) is 223 Å². The van der Waals surface area contributed by atoms with E-state index in [2.05, 4.69) is 81.5 Å². The van der Waals surface area contributed by atoms with Gasteiger partial charge in [0.1, 0.15) is 13.2 Å². The van der Waals surface area contributed by atoms with Gasteiger partial charge in [-0.25, -0.2) is 0 Å². The third-order valence-electron chi connectivity index (χ3n) is 11.9. The van der Waals surface area contributed by atoms with Gasteiger partial charge in [0.25, 0.3) is 0 Å². The SMILES string of the molecule is CCC/C=C\CCCCCCCC(=O)OCC(COC(=O)CCCCCCCCCCCCCC/C=C\C/C=C\C/C=C\CCCCCCC)OC(=O)CCCCCCC/C=C\CCC. The van der Waals surface area contributed by atoms with E-state index in [1.54, 1.807) is 0 Å². The highest BCUT2D eigenvalue weighted by molar-refractivity contribution is 5.71. The molecule has 0 saturated heterocycles. The lowest BCUT2D eigenvalue weighted by Crippen LogP contribution is -2.30. The Balaban J connectivity index is 4.13. The van der Waals surface area contributed by atoms with Gasteiger partial charge in [-0.15, -0.1) is 0 Å². The van der Waals surface area contributed by atoms with Crippen molar-refractivity contribution in [1.29, 1.82) is 0 Å². The van der Waals surface area contributed by atoms with E-state index in [-0.39, 0.29) is 31.1 Å². The molecular formula is C59H104O6. The van der Waals surface area contributed by atoms with E-state index in [0.29, 0.717) is 19.3 Å². The van der Waals surface area contributed by atoms with Crippen LogP contribution in [0, 0.1) is 0 Å². The minimum Gasteiger partial charge on any atom is -0.462 e. The van der Waals surface area contributed by atoms with Gasteiger partial charge in [-0.2, -0.15) is 0 Å². The van der Waals surface area contributed by atoms with Crippen LogP contribution < -0.4 is 0 Å². The van der Waals surface area contributed by atoms with Crippen LogP contribution in [-0.4, -0.2) is 37.2 Å². The monoisotopic (exact) mass is 909 g/mol. The highest BCUT2D eigenvalue weighted by Gasteiger charge is 2.19. The summed E-state index contributed by atoms with van der Waals surface area (Å²) in [5, 5.41) is 0. The zero-order chi connectivity index (χ0) is 47.2. The number of allylic oxidation sites excluding steroid dienone is 10. The maximum Gasteiger partial charge on any atom is 0.306 e. The normalized spacial score (nSPS) is 12.5. The Bertz CT molecular complexity index is 1180. The average molecular weight is 909 g/mol. The second-order valence-corrected chi connectivity index (χ2v) is 18.5. The molecule has 0 rings (SSSR count). The van der Waals surface area contributed by atoms with Crippen LogP contribution in [0.4, 0.5) is 0 Å².